The van der Waals surface area contributed by atoms with Crippen molar-refractivity contribution in [3.8, 4) is 0 Å². The molecule has 0 spiro atoms. The van der Waals surface area contributed by atoms with Gasteiger partial charge in [0.15, 0.2) is 0 Å². The van der Waals surface area contributed by atoms with Crippen molar-refractivity contribution < 1.29 is 0 Å². The summed E-state index contributed by atoms with van der Waals surface area (Å²) in [6, 6.07) is 4.84. The van der Waals surface area contributed by atoms with Crippen LogP contribution in [-0.4, -0.2) is 6.54 Å². The van der Waals surface area contributed by atoms with Crippen LogP contribution in [0.1, 0.15) is 58.2 Å². The van der Waals surface area contributed by atoms with Crippen molar-refractivity contribution in [3.63, 3.8) is 0 Å². The van der Waals surface area contributed by atoms with Gasteiger partial charge in [-0.1, -0.05) is 66.5 Å². The van der Waals surface area contributed by atoms with E-state index in [4.69, 9.17) is 0 Å². The molecule has 3 heteroatoms. The van der Waals surface area contributed by atoms with Gasteiger partial charge >= 0.3 is 0 Å². The molecule has 0 aliphatic carbocycles. The Morgan fingerprint density at radius 2 is 1.75 bits per heavy atom. The lowest BCUT2D eigenvalue weighted by molar-refractivity contribution is 0.223. The van der Waals surface area contributed by atoms with Crippen LogP contribution in [0.3, 0.4) is 0 Å². The molecule has 0 aromatic heterocycles. The Labute approximate surface area is 141 Å². The predicted molar refractivity (Wildman–Crippen MR) is 96.2 cm³/mol. The zero-order valence-electron chi connectivity index (χ0n) is 13.5. The van der Waals surface area contributed by atoms with Crippen LogP contribution >= 0.6 is 31.9 Å². The Morgan fingerprint density at radius 3 is 2.25 bits per heavy atom. The molecule has 0 aliphatic rings. The summed E-state index contributed by atoms with van der Waals surface area (Å²) in [6.07, 6.45) is 1.14. The fourth-order valence-corrected chi connectivity index (χ4v) is 3.30. The van der Waals surface area contributed by atoms with Crippen molar-refractivity contribution >= 4 is 31.9 Å². The van der Waals surface area contributed by atoms with E-state index in [0.29, 0.717) is 17.4 Å². The molecular weight excluding hydrogens is 378 g/mol. The average molecular weight is 405 g/mol. The maximum atomic E-state index is 3.73. The summed E-state index contributed by atoms with van der Waals surface area (Å²) in [5, 5.41) is 3.64. The van der Waals surface area contributed by atoms with E-state index in [-0.39, 0.29) is 0 Å². The molecule has 1 aromatic carbocycles. The molecule has 20 heavy (non-hydrogen) atoms. The molecule has 0 bridgehead atoms. The van der Waals surface area contributed by atoms with Gasteiger partial charge in [-0.15, -0.1) is 0 Å². The quantitative estimate of drug-likeness (QED) is 0.611. The van der Waals surface area contributed by atoms with Crippen molar-refractivity contribution in [2.75, 3.05) is 6.54 Å². The van der Waals surface area contributed by atoms with Gasteiger partial charge in [-0.25, -0.2) is 0 Å². The second kappa shape index (κ2) is 7.42. The van der Waals surface area contributed by atoms with Crippen LogP contribution in [0.15, 0.2) is 21.1 Å². The first kappa shape index (κ1) is 18.2. The number of hydrogen-bond acceptors (Lipinski definition) is 1. The van der Waals surface area contributed by atoms with Crippen molar-refractivity contribution in [3.05, 3.63) is 32.2 Å². The molecule has 0 saturated heterocycles. The maximum Gasteiger partial charge on any atom is 0.0334 e. The third-order valence-corrected chi connectivity index (χ3v) is 5.71. The monoisotopic (exact) mass is 403 g/mol. The largest absolute Gasteiger partial charge is 0.310 e. The van der Waals surface area contributed by atoms with Gasteiger partial charge in [0, 0.05) is 15.0 Å². The average Bonchev–Trinajstić information content (AvgIpc) is 2.32. The van der Waals surface area contributed by atoms with Gasteiger partial charge in [0.25, 0.3) is 0 Å². The van der Waals surface area contributed by atoms with E-state index in [9.17, 15) is 0 Å². The van der Waals surface area contributed by atoms with Crippen LogP contribution < -0.4 is 5.32 Å². The number of halogens is 2. The minimum absolute atomic E-state index is 0.335. The van der Waals surface area contributed by atoms with Gasteiger partial charge in [-0.2, -0.15) is 0 Å². The van der Waals surface area contributed by atoms with E-state index in [1.54, 1.807) is 0 Å². The lowest BCUT2D eigenvalue weighted by Gasteiger charge is -2.32. The fourth-order valence-electron chi connectivity index (χ4n) is 2.20. The Kier molecular flexibility index (Phi) is 6.75. The second-order valence-electron chi connectivity index (χ2n) is 6.74. The fraction of sp³-hybridized carbons (Fsp3) is 0.647. The van der Waals surface area contributed by atoms with E-state index >= 15 is 0 Å². The molecule has 1 N–H and O–H groups in total. The highest BCUT2D eigenvalue weighted by atomic mass is 79.9. The van der Waals surface area contributed by atoms with Gasteiger partial charge in [0.1, 0.15) is 0 Å². The van der Waals surface area contributed by atoms with Crippen LogP contribution in [-0.2, 0) is 0 Å². The SMILES string of the molecule is CCNC(CC(C)C(C)(C)C)c1cc(Br)c(C)cc1Br. The number of nitrogens with one attached hydrogen (secondary N) is 1. The number of aryl methyl sites for hydroxylation is 1. The summed E-state index contributed by atoms with van der Waals surface area (Å²) in [7, 11) is 0. The van der Waals surface area contributed by atoms with Crippen molar-refractivity contribution in [2.45, 2.75) is 54.0 Å². The molecule has 114 valence electrons. The molecular formula is C17H27Br2N. The highest BCUT2D eigenvalue weighted by Crippen LogP contribution is 2.37. The molecule has 0 radical (unpaired) electrons. The highest BCUT2D eigenvalue weighted by Gasteiger charge is 2.25. The van der Waals surface area contributed by atoms with Gasteiger partial charge in [-0.05, 0) is 54.5 Å². The van der Waals surface area contributed by atoms with Crippen molar-refractivity contribution in [2.24, 2.45) is 11.3 Å². The van der Waals surface area contributed by atoms with Crippen LogP contribution in [0.2, 0.25) is 0 Å². The Morgan fingerprint density at radius 1 is 1.15 bits per heavy atom. The molecule has 0 aliphatic heterocycles. The standard InChI is InChI=1S/C17H27Br2N/c1-7-20-16(9-12(3)17(4,5)6)13-10-14(18)11(2)8-15(13)19/h8,10,12,16,20H,7,9H2,1-6H3. The number of benzene rings is 1. The molecule has 1 nitrogen and oxygen atoms in total. The van der Waals surface area contributed by atoms with E-state index in [0.717, 1.165) is 13.0 Å². The Bertz CT molecular complexity index is 449. The molecule has 0 heterocycles. The smallest absolute Gasteiger partial charge is 0.0334 e. The van der Waals surface area contributed by atoms with Gasteiger partial charge < -0.3 is 5.32 Å². The minimum Gasteiger partial charge on any atom is -0.310 e. The van der Waals surface area contributed by atoms with Crippen LogP contribution in [0.4, 0.5) is 0 Å². The summed E-state index contributed by atoms with van der Waals surface area (Å²) in [5.74, 6) is 0.651. The molecule has 2 atom stereocenters. The minimum atomic E-state index is 0.335. The van der Waals surface area contributed by atoms with E-state index in [2.05, 4.69) is 90.9 Å². The summed E-state index contributed by atoms with van der Waals surface area (Å²) < 4.78 is 2.38. The first-order valence-electron chi connectivity index (χ1n) is 7.35. The Balaban J connectivity index is 3.05. The second-order valence-corrected chi connectivity index (χ2v) is 8.44. The zero-order valence-corrected chi connectivity index (χ0v) is 16.7. The van der Waals surface area contributed by atoms with E-state index < -0.39 is 0 Å². The normalized spacial score (nSPS) is 15.2. The highest BCUT2D eigenvalue weighted by molar-refractivity contribution is 9.11. The Hall–Kier alpha value is 0.140. The zero-order chi connectivity index (χ0) is 15.5. The topological polar surface area (TPSA) is 12.0 Å². The summed E-state index contributed by atoms with van der Waals surface area (Å²) in [5.41, 5.74) is 2.95. The third-order valence-electron chi connectivity index (χ3n) is 4.17. The van der Waals surface area contributed by atoms with Gasteiger partial charge in [-0.3, -0.25) is 0 Å². The summed E-state index contributed by atoms with van der Waals surface area (Å²) >= 11 is 7.39. The molecule has 1 rings (SSSR count). The van der Waals surface area contributed by atoms with Crippen molar-refractivity contribution in [1.29, 1.82) is 0 Å². The van der Waals surface area contributed by atoms with Crippen LogP contribution in [0.5, 0.6) is 0 Å². The van der Waals surface area contributed by atoms with E-state index in [1.807, 2.05) is 0 Å². The van der Waals surface area contributed by atoms with Gasteiger partial charge in [0.2, 0.25) is 0 Å². The summed E-state index contributed by atoms with van der Waals surface area (Å²) in [6.45, 7) is 14.6. The maximum absolute atomic E-state index is 3.73. The third kappa shape index (κ3) is 4.85. The molecule has 1 aromatic rings. The van der Waals surface area contributed by atoms with Gasteiger partial charge in [0.05, 0.1) is 0 Å². The van der Waals surface area contributed by atoms with Crippen molar-refractivity contribution in [1.82, 2.24) is 5.32 Å². The van der Waals surface area contributed by atoms with E-state index in [1.165, 1.54) is 20.1 Å². The number of hydrogen-bond donors (Lipinski definition) is 1. The number of rotatable bonds is 5. The van der Waals surface area contributed by atoms with Crippen LogP contribution in [0, 0.1) is 18.3 Å². The lowest BCUT2D eigenvalue weighted by Crippen LogP contribution is -2.27. The first-order chi connectivity index (χ1) is 9.16. The van der Waals surface area contributed by atoms with Crippen LogP contribution in [0.25, 0.3) is 0 Å². The first-order valence-corrected chi connectivity index (χ1v) is 8.94. The molecule has 2 unspecified atom stereocenters. The lowest BCUT2D eigenvalue weighted by atomic mass is 9.77. The molecule has 0 amide bonds. The molecule has 0 saturated carbocycles. The summed E-state index contributed by atoms with van der Waals surface area (Å²) in [4.78, 5) is 0. The molecule has 0 fully saturated rings. The predicted octanol–water partition coefficient (Wildman–Crippen LogP) is 6.24.